The van der Waals surface area contributed by atoms with E-state index >= 15 is 0 Å². The lowest BCUT2D eigenvalue weighted by molar-refractivity contribution is -0.121. The molecule has 0 spiro atoms. The van der Waals surface area contributed by atoms with Gasteiger partial charge in [-0.2, -0.15) is 0 Å². The van der Waals surface area contributed by atoms with Crippen LogP contribution >= 0.6 is 0 Å². The van der Waals surface area contributed by atoms with E-state index in [9.17, 15) is 4.79 Å². The fraction of sp³-hybridized carbons (Fsp3) is 0.316. The van der Waals surface area contributed by atoms with Crippen molar-refractivity contribution in [3.8, 4) is 5.75 Å². The molecule has 2 aromatic carbocycles. The van der Waals surface area contributed by atoms with E-state index in [1.54, 1.807) is 0 Å². The Balaban J connectivity index is 1.34. The van der Waals surface area contributed by atoms with Gasteiger partial charge in [-0.1, -0.05) is 36.4 Å². The van der Waals surface area contributed by atoms with Gasteiger partial charge in [-0.05, 0) is 30.2 Å². The third kappa shape index (κ3) is 4.25. The van der Waals surface area contributed by atoms with E-state index in [0.29, 0.717) is 19.6 Å². The predicted molar refractivity (Wildman–Crippen MR) is 91.9 cm³/mol. The zero-order valence-electron chi connectivity index (χ0n) is 13.2. The molecule has 4 heteroatoms. The Morgan fingerprint density at radius 2 is 1.87 bits per heavy atom. The number of rotatable bonds is 7. The first kappa shape index (κ1) is 15.4. The van der Waals surface area contributed by atoms with Crippen LogP contribution in [0.5, 0.6) is 5.75 Å². The number of carbonyl (C=O) groups is 1. The maximum atomic E-state index is 11.8. The van der Waals surface area contributed by atoms with Gasteiger partial charge in [-0.25, -0.2) is 0 Å². The fourth-order valence-electron chi connectivity index (χ4n) is 2.84. The number of amides is 1. The summed E-state index contributed by atoms with van der Waals surface area (Å²) >= 11 is 0. The van der Waals surface area contributed by atoms with Crippen molar-refractivity contribution in [2.45, 2.75) is 12.8 Å². The second-order valence-corrected chi connectivity index (χ2v) is 5.63. The van der Waals surface area contributed by atoms with Crippen molar-refractivity contribution in [3.05, 3.63) is 60.2 Å². The molecule has 0 aliphatic carbocycles. The van der Waals surface area contributed by atoms with Crippen LogP contribution in [0.3, 0.4) is 0 Å². The number of ether oxygens (including phenoxy) is 1. The molecule has 0 fully saturated rings. The lowest BCUT2D eigenvalue weighted by atomic mass is 10.2. The summed E-state index contributed by atoms with van der Waals surface area (Å²) in [5, 5.41) is 2.97. The van der Waals surface area contributed by atoms with Crippen LogP contribution in [0.15, 0.2) is 54.6 Å². The summed E-state index contributed by atoms with van der Waals surface area (Å²) in [6.45, 7) is 2.95. The summed E-state index contributed by atoms with van der Waals surface area (Å²) < 4.78 is 5.53. The summed E-state index contributed by atoms with van der Waals surface area (Å²) in [5.74, 6) is 0.836. The molecule has 1 N–H and O–H groups in total. The molecule has 0 aromatic heterocycles. The van der Waals surface area contributed by atoms with Crippen molar-refractivity contribution in [2.75, 3.05) is 31.1 Å². The quantitative estimate of drug-likeness (QED) is 0.855. The third-order valence-corrected chi connectivity index (χ3v) is 4.03. The first-order valence-electron chi connectivity index (χ1n) is 8.10. The van der Waals surface area contributed by atoms with Gasteiger partial charge in [0.05, 0.1) is 13.0 Å². The lowest BCUT2D eigenvalue weighted by Gasteiger charge is -2.19. The minimum absolute atomic E-state index is 0.0356. The molecule has 0 atom stereocenters. The molecular formula is C19H22N2O2. The SMILES string of the molecule is O=C(CCOc1ccccc1)NCCN1CCc2ccccc21. The molecule has 1 aliphatic rings. The highest BCUT2D eigenvalue weighted by Crippen LogP contribution is 2.26. The van der Waals surface area contributed by atoms with E-state index in [1.807, 2.05) is 30.3 Å². The number of nitrogens with one attached hydrogen (secondary N) is 1. The molecule has 1 amide bonds. The maximum Gasteiger partial charge on any atom is 0.223 e. The first-order chi connectivity index (χ1) is 11.3. The van der Waals surface area contributed by atoms with Crippen LogP contribution in [0.1, 0.15) is 12.0 Å². The molecule has 4 nitrogen and oxygen atoms in total. The number of carbonyl (C=O) groups excluding carboxylic acids is 1. The van der Waals surface area contributed by atoms with Crippen LogP contribution < -0.4 is 15.0 Å². The monoisotopic (exact) mass is 310 g/mol. The predicted octanol–water partition coefficient (Wildman–Crippen LogP) is 2.63. The van der Waals surface area contributed by atoms with Crippen LogP contribution in [0, 0.1) is 0 Å². The molecule has 0 radical (unpaired) electrons. The fourth-order valence-corrected chi connectivity index (χ4v) is 2.84. The van der Waals surface area contributed by atoms with E-state index in [0.717, 1.165) is 25.3 Å². The number of hydrogen-bond donors (Lipinski definition) is 1. The van der Waals surface area contributed by atoms with E-state index < -0.39 is 0 Å². The Labute approximate surface area is 137 Å². The molecule has 2 aromatic rings. The Morgan fingerprint density at radius 3 is 2.74 bits per heavy atom. The van der Waals surface area contributed by atoms with Gasteiger partial charge in [0.1, 0.15) is 5.75 Å². The zero-order chi connectivity index (χ0) is 15.9. The zero-order valence-corrected chi connectivity index (χ0v) is 13.2. The van der Waals surface area contributed by atoms with Gasteiger partial charge in [0.2, 0.25) is 5.91 Å². The molecule has 0 unspecified atom stereocenters. The number of para-hydroxylation sites is 2. The average molecular weight is 310 g/mol. The van der Waals surface area contributed by atoms with E-state index in [-0.39, 0.29) is 5.91 Å². The van der Waals surface area contributed by atoms with Crippen molar-refractivity contribution in [2.24, 2.45) is 0 Å². The number of benzene rings is 2. The number of fused-ring (bicyclic) bond motifs is 1. The Morgan fingerprint density at radius 1 is 1.09 bits per heavy atom. The Bertz CT molecular complexity index is 643. The summed E-state index contributed by atoms with van der Waals surface area (Å²) in [6.07, 6.45) is 1.47. The van der Waals surface area contributed by atoms with Crippen LogP contribution in [0.25, 0.3) is 0 Å². The highest BCUT2D eigenvalue weighted by atomic mass is 16.5. The van der Waals surface area contributed by atoms with Crippen LogP contribution in [-0.4, -0.2) is 32.1 Å². The van der Waals surface area contributed by atoms with E-state index in [1.165, 1.54) is 11.3 Å². The van der Waals surface area contributed by atoms with Crippen molar-refractivity contribution in [3.63, 3.8) is 0 Å². The highest BCUT2D eigenvalue weighted by Gasteiger charge is 2.17. The normalized spacial score (nSPS) is 12.8. The van der Waals surface area contributed by atoms with Gasteiger partial charge in [0.15, 0.2) is 0 Å². The van der Waals surface area contributed by atoms with Gasteiger partial charge in [0.25, 0.3) is 0 Å². The van der Waals surface area contributed by atoms with E-state index in [4.69, 9.17) is 4.74 Å². The maximum absolute atomic E-state index is 11.8. The molecule has 0 bridgehead atoms. The minimum atomic E-state index is 0.0356. The number of anilines is 1. The standard InChI is InChI=1S/C19H22N2O2/c22-19(11-15-23-17-7-2-1-3-8-17)20-12-14-21-13-10-16-6-4-5-9-18(16)21/h1-9H,10-15H2,(H,20,22). The van der Waals surface area contributed by atoms with Gasteiger partial charge in [0, 0.05) is 25.3 Å². The van der Waals surface area contributed by atoms with Crippen molar-refractivity contribution < 1.29 is 9.53 Å². The second kappa shape index (κ2) is 7.68. The molecule has 23 heavy (non-hydrogen) atoms. The third-order valence-electron chi connectivity index (χ3n) is 4.03. The van der Waals surface area contributed by atoms with Crippen molar-refractivity contribution in [1.29, 1.82) is 0 Å². The highest BCUT2D eigenvalue weighted by molar-refractivity contribution is 5.76. The van der Waals surface area contributed by atoms with Gasteiger partial charge in [-0.15, -0.1) is 0 Å². The molecule has 1 heterocycles. The Hall–Kier alpha value is -2.49. The summed E-state index contributed by atoms with van der Waals surface area (Å²) in [7, 11) is 0. The molecule has 3 rings (SSSR count). The topological polar surface area (TPSA) is 41.6 Å². The largest absolute Gasteiger partial charge is 0.493 e. The second-order valence-electron chi connectivity index (χ2n) is 5.63. The molecular weight excluding hydrogens is 288 g/mol. The molecule has 120 valence electrons. The van der Waals surface area contributed by atoms with Crippen LogP contribution in [0.4, 0.5) is 5.69 Å². The van der Waals surface area contributed by atoms with Crippen LogP contribution in [0.2, 0.25) is 0 Å². The number of nitrogens with zero attached hydrogens (tertiary/aromatic N) is 1. The van der Waals surface area contributed by atoms with Gasteiger partial charge >= 0.3 is 0 Å². The van der Waals surface area contributed by atoms with Crippen LogP contribution in [-0.2, 0) is 11.2 Å². The Kier molecular flexibility index (Phi) is 5.14. The molecule has 1 aliphatic heterocycles. The smallest absolute Gasteiger partial charge is 0.223 e. The average Bonchev–Trinajstić information content (AvgIpc) is 2.99. The summed E-state index contributed by atoms with van der Waals surface area (Å²) in [6, 6.07) is 18.0. The number of hydrogen-bond acceptors (Lipinski definition) is 3. The minimum Gasteiger partial charge on any atom is -0.493 e. The lowest BCUT2D eigenvalue weighted by Crippen LogP contribution is -2.34. The first-order valence-corrected chi connectivity index (χ1v) is 8.10. The molecule has 0 saturated heterocycles. The van der Waals surface area contributed by atoms with Gasteiger partial charge in [-0.3, -0.25) is 4.79 Å². The van der Waals surface area contributed by atoms with Gasteiger partial charge < -0.3 is 15.0 Å². The summed E-state index contributed by atoms with van der Waals surface area (Å²) in [5.41, 5.74) is 2.70. The van der Waals surface area contributed by atoms with Crippen molar-refractivity contribution >= 4 is 11.6 Å². The van der Waals surface area contributed by atoms with E-state index in [2.05, 4.69) is 34.5 Å². The summed E-state index contributed by atoms with van der Waals surface area (Å²) in [4.78, 5) is 14.2. The van der Waals surface area contributed by atoms with Crippen molar-refractivity contribution in [1.82, 2.24) is 5.32 Å². The molecule has 0 saturated carbocycles.